The summed E-state index contributed by atoms with van der Waals surface area (Å²) in [7, 11) is 0. The second kappa shape index (κ2) is 10.3. The Hall–Kier alpha value is -3.64. The van der Waals surface area contributed by atoms with Crippen molar-refractivity contribution in [3.05, 3.63) is 94.4 Å². The summed E-state index contributed by atoms with van der Waals surface area (Å²) in [6, 6.07) is 22.1. The van der Waals surface area contributed by atoms with E-state index in [-0.39, 0.29) is 18.2 Å². The van der Waals surface area contributed by atoms with Gasteiger partial charge in [0, 0.05) is 21.7 Å². The number of thiophene rings is 1. The van der Waals surface area contributed by atoms with Crippen LogP contribution in [0.15, 0.2) is 72.8 Å². The van der Waals surface area contributed by atoms with Gasteiger partial charge < -0.3 is 15.4 Å². The highest BCUT2D eigenvalue weighted by Crippen LogP contribution is 2.40. The largest absolute Gasteiger partial charge is 0.490 e. The molecular formula is C29H28N2O3S. The van der Waals surface area contributed by atoms with Crippen LogP contribution in [-0.2, 0) is 12.8 Å². The molecule has 0 radical (unpaired) electrons. The summed E-state index contributed by atoms with van der Waals surface area (Å²) in [6.07, 6.45) is 4.75. The van der Waals surface area contributed by atoms with Gasteiger partial charge in [-0.2, -0.15) is 0 Å². The molecule has 5 nitrogen and oxygen atoms in total. The minimum atomic E-state index is -0.198. The molecule has 0 bridgehead atoms. The van der Waals surface area contributed by atoms with Gasteiger partial charge in [-0.05, 0) is 67.0 Å². The molecule has 0 spiro atoms. The first-order chi connectivity index (χ1) is 17.1. The molecule has 0 saturated heterocycles. The quantitative estimate of drug-likeness (QED) is 0.255. The van der Waals surface area contributed by atoms with Gasteiger partial charge in [0.25, 0.3) is 5.91 Å². The number of ketones is 1. The Morgan fingerprint density at radius 3 is 2.51 bits per heavy atom. The number of hydrogen-bond donors (Lipinski definition) is 1. The molecule has 0 aliphatic heterocycles. The molecule has 1 aliphatic carbocycles. The molecule has 178 valence electrons. The number of rotatable bonds is 8. The standard InChI is InChI=1S/C29H28N2O3S/c30-22-11-6-10-21(18-22)25(32)19-31(29(33)20-8-2-1-3-9-20)16-17-34-26-14-7-13-24-23-12-4-5-15-27(23)35-28(24)26/h1-3,6-11,13-14,18H,4-5,12,15-17,19,30H2. The number of nitrogens with zero attached hydrogens (tertiary/aromatic N) is 1. The van der Waals surface area contributed by atoms with Gasteiger partial charge in [-0.15, -0.1) is 11.3 Å². The number of hydrogen-bond acceptors (Lipinski definition) is 5. The third kappa shape index (κ3) is 5.08. The summed E-state index contributed by atoms with van der Waals surface area (Å²) < 4.78 is 7.38. The van der Waals surface area contributed by atoms with Crippen LogP contribution in [0.3, 0.4) is 0 Å². The number of aryl methyl sites for hydroxylation is 2. The smallest absolute Gasteiger partial charge is 0.254 e. The Morgan fingerprint density at radius 2 is 1.69 bits per heavy atom. The van der Waals surface area contributed by atoms with Gasteiger partial charge in [0.1, 0.15) is 12.4 Å². The molecule has 1 aliphatic rings. The van der Waals surface area contributed by atoms with E-state index in [1.807, 2.05) is 41.7 Å². The van der Waals surface area contributed by atoms with Crippen LogP contribution >= 0.6 is 11.3 Å². The minimum Gasteiger partial charge on any atom is -0.490 e. The van der Waals surface area contributed by atoms with E-state index < -0.39 is 0 Å². The molecule has 4 aromatic rings. The fourth-order valence-corrected chi connectivity index (χ4v) is 5.99. The van der Waals surface area contributed by atoms with Gasteiger partial charge in [-0.25, -0.2) is 0 Å². The average molecular weight is 485 g/mol. The first kappa shape index (κ1) is 23.1. The normalized spacial score (nSPS) is 12.8. The third-order valence-corrected chi connectivity index (χ3v) is 7.74. The van der Waals surface area contributed by atoms with Crippen LogP contribution in [0.5, 0.6) is 5.75 Å². The molecule has 2 N–H and O–H groups in total. The highest BCUT2D eigenvalue weighted by Gasteiger charge is 2.21. The average Bonchev–Trinajstić information content (AvgIpc) is 3.28. The predicted octanol–water partition coefficient (Wildman–Crippen LogP) is 5.77. The van der Waals surface area contributed by atoms with Gasteiger partial charge >= 0.3 is 0 Å². The molecule has 0 atom stereocenters. The van der Waals surface area contributed by atoms with Crippen molar-refractivity contribution in [3.63, 3.8) is 0 Å². The number of Topliss-reactive ketones (excluding diaryl/α,β-unsaturated/α-hetero) is 1. The molecular weight excluding hydrogens is 456 g/mol. The Morgan fingerprint density at radius 1 is 0.914 bits per heavy atom. The van der Waals surface area contributed by atoms with Crippen molar-refractivity contribution in [1.29, 1.82) is 0 Å². The summed E-state index contributed by atoms with van der Waals surface area (Å²) in [5.41, 5.74) is 8.87. The second-order valence-electron chi connectivity index (χ2n) is 8.83. The van der Waals surface area contributed by atoms with Crippen molar-refractivity contribution in [2.24, 2.45) is 0 Å². The van der Waals surface area contributed by atoms with Crippen molar-refractivity contribution >= 4 is 38.8 Å². The zero-order chi connectivity index (χ0) is 24.2. The summed E-state index contributed by atoms with van der Waals surface area (Å²) in [6.45, 7) is 0.547. The zero-order valence-electron chi connectivity index (χ0n) is 19.5. The van der Waals surface area contributed by atoms with Crippen LogP contribution in [0.1, 0.15) is 44.0 Å². The lowest BCUT2D eigenvalue weighted by atomic mass is 9.96. The Bertz CT molecular complexity index is 1360. The highest BCUT2D eigenvalue weighted by molar-refractivity contribution is 7.19. The number of carbonyl (C=O) groups is 2. The molecule has 3 aromatic carbocycles. The lowest BCUT2D eigenvalue weighted by Gasteiger charge is -2.22. The molecule has 6 heteroatoms. The van der Waals surface area contributed by atoms with E-state index in [0.717, 1.165) is 18.6 Å². The monoisotopic (exact) mass is 484 g/mol. The van der Waals surface area contributed by atoms with E-state index in [0.29, 0.717) is 30.0 Å². The van der Waals surface area contributed by atoms with Crippen LogP contribution < -0.4 is 10.5 Å². The molecule has 1 heterocycles. The summed E-state index contributed by atoms with van der Waals surface area (Å²) in [5.74, 6) is 0.488. The van der Waals surface area contributed by atoms with E-state index in [4.69, 9.17) is 10.5 Å². The lowest BCUT2D eigenvalue weighted by molar-refractivity contribution is 0.0686. The highest BCUT2D eigenvalue weighted by atomic mass is 32.1. The number of benzene rings is 3. The first-order valence-electron chi connectivity index (χ1n) is 12.0. The van der Waals surface area contributed by atoms with Crippen LogP contribution in [0.25, 0.3) is 10.1 Å². The Balaban J connectivity index is 1.33. The number of anilines is 1. The second-order valence-corrected chi connectivity index (χ2v) is 9.94. The fourth-order valence-electron chi connectivity index (χ4n) is 4.63. The van der Waals surface area contributed by atoms with Crippen molar-refractivity contribution in [3.8, 4) is 5.75 Å². The topological polar surface area (TPSA) is 72.6 Å². The maximum atomic E-state index is 13.3. The number of fused-ring (bicyclic) bond motifs is 3. The van der Waals surface area contributed by atoms with Gasteiger partial charge in [-0.3, -0.25) is 9.59 Å². The SMILES string of the molecule is Nc1cccc(C(=O)CN(CCOc2cccc3c4c(sc23)CCCC4)C(=O)c2ccccc2)c1. The first-order valence-corrected chi connectivity index (χ1v) is 12.8. The number of nitrogen functional groups attached to an aromatic ring is 1. The number of nitrogens with two attached hydrogens (primary N) is 1. The minimum absolute atomic E-state index is 0.0436. The Kier molecular flexibility index (Phi) is 6.82. The summed E-state index contributed by atoms with van der Waals surface area (Å²) in [4.78, 5) is 29.3. The van der Waals surface area contributed by atoms with Gasteiger partial charge in [0.2, 0.25) is 0 Å². The van der Waals surface area contributed by atoms with Crippen LogP contribution in [-0.4, -0.2) is 36.3 Å². The van der Waals surface area contributed by atoms with Crippen LogP contribution in [0.4, 0.5) is 5.69 Å². The van der Waals surface area contributed by atoms with E-state index in [9.17, 15) is 9.59 Å². The zero-order valence-corrected chi connectivity index (χ0v) is 20.4. The number of amides is 1. The molecule has 35 heavy (non-hydrogen) atoms. The molecule has 1 aromatic heterocycles. The maximum Gasteiger partial charge on any atom is 0.254 e. The van der Waals surface area contributed by atoms with Crippen LogP contribution in [0, 0.1) is 0 Å². The van der Waals surface area contributed by atoms with Crippen molar-refractivity contribution in [2.45, 2.75) is 25.7 Å². The van der Waals surface area contributed by atoms with Gasteiger partial charge in [0.05, 0.1) is 17.8 Å². The summed E-state index contributed by atoms with van der Waals surface area (Å²) >= 11 is 1.83. The molecule has 0 unspecified atom stereocenters. The molecule has 1 amide bonds. The molecule has 0 saturated carbocycles. The van der Waals surface area contributed by atoms with Crippen molar-refractivity contribution in [2.75, 3.05) is 25.4 Å². The van der Waals surface area contributed by atoms with Gasteiger partial charge in [0.15, 0.2) is 5.78 Å². The van der Waals surface area contributed by atoms with Crippen LogP contribution in [0.2, 0.25) is 0 Å². The van der Waals surface area contributed by atoms with E-state index in [2.05, 4.69) is 6.07 Å². The van der Waals surface area contributed by atoms with Crippen molar-refractivity contribution < 1.29 is 14.3 Å². The van der Waals surface area contributed by atoms with Gasteiger partial charge in [-0.1, -0.05) is 42.5 Å². The molecule has 0 fully saturated rings. The van der Waals surface area contributed by atoms with E-state index >= 15 is 0 Å². The van der Waals surface area contributed by atoms with E-state index in [1.54, 1.807) is 41.3 Å². The third-order valence-electron chi connectivity index (χ3n) is 6.42. The summed E-state index contributed by atoms with van der Waals surface area (Å²) in [5, 5.41) is 1.29. The fraction of sp³-hybridized carbons (Fsp3) is 0.241. The van der Waals surface area contributed by atoms with Crippen molar-refractivity contribution in [1.82, 2.24) is 4.90 Å². The number of carbonyl (C=O) groups excluding carboxylic acids is 2. The predicted molar refractivity (Wildman–Crippen MR) is 141 cm³/mol. The van der Waals surface area contributed by atoms with E-state index in [1.165, 1.54) is 33.4 Å². The maximum absolute atomic E-state index is 13.3. The number of ether oxygens (including phenoxy) is 1. The lowest BCUT2D eigenvalue weighted by Crippen LogP contribution is -2.38. The molecule has 5 rings (SSSR count). The Labute approximate surface area is 209 Å².